The molecule has 3 aliphatic rings. The van der Waals surface area contributed by atoms with Crippen LogP contribution in [-0.2, 0) is 20.9 Å². The Morgan fingerprint density at radius 2 is 1.58 bits per heavy atom. The van der Waals surface area contributed by atoms with Gasteiger partial charge in [0, 0.05) is 48.8 Å². The summed E-state index contributed by atoms with van der Waals surface area (Å²) in [6.45, 7) is 0.812. The first-order valence-corrected chi connectivity index (χ1v) is 22.6. The predicted octanol–water partition coefficient (Wildman–Crippen LogP) is 6.33. The topological polar surface area (TPSA) is 192 Å². The number of aliphatic hydroxyl groups excluding tert-OH is 1. The Balaban J connectivity index is 0.841. The molecule has 0 spiro atoms. The fourth-order valence-corrected chi connectivity index (χ4v) is 9.38. The van der Waals surface area contributed by atoms with Gasteiger partial charge in [-0.1, -0.05) is 90.7 Å². The molecule has 4 heterocycles. The van der Waals surface area contributed by atoms with Gasteiger partial charge in [0.05, 0.1) is 41.2 Å². The third-order valence-corrected chi connectivity index (χ3v) is 12.7. The molecule has 2 fully saturated rings. The van der Waals surface area contributed by atoms with E-state index in [9.17, 15) is 34.5 Å². The number of nitrogens with zero attached hydrogens (tertiary/aromatic N) is 4. The summed E-state index contributed by atoms with van der Waals surface area (Å²) in [7, 11) is 0. The van der Waals surface area contributed by atoms with Crippen LogP contribution in [0, 0.1) is 17.3 Å². The summed E-state index contributed by atoms with van der Waals surface area (Å²) in [5, 5.41) is 28.7. The first-order chi connectivity index (χ1) is 32.2. The summed E-state index contributed by atoms with van der Waals surface area (Å²) in [5.41, 5.74) is 7.62. The zero-order valence-electron chi connectivity index (χ0n) is 36.4. The number of carbonyl (C=O) groups excluding carboxylic acids is 5. The molecule has 0 radical (unpaired) electrons. The minimum absolute atomic E-state index is 0.0272. The average molecular weight is 883 g/mol. The molecular weight excluding hydrogens is 833 g/mol. The molecule has 66 heavy (non-hydrogen) atoms. The van der Waals surface area contributed by atoms with E-state index in [4.69, 9.17) is 4.98 Å². The zero-order chi connectivity index (χ0) is 45.7. The van der Waals surface area contributed by atoms with Gasteiger partial charge in [-0.15, -0.1) is 0 Å². The summed E-state index contributed by atoms with van der Waals surface area (Å²) < 4.78 is 4.22. The largest absolute Gasteiger partial charge is 0.393 e. The molecule has 4 aromatic carbocycles. The molecule has 5 N–H and O–H groups in total. The maximum atomic E-state index is 13.4. The second-order valence-corrected chi connectivity index (χ2v) is 17.0. The number of imide groups is 2. The molecule has 14 heteroatoms. The number of fused-ring (bicyclic) bond motifs is 2. The van der Waals surface area contributed by atoms with E-state index >= 15 is 0 Å². The highest BCUT2D eigenvalue weighted by Crippen LogP contribution is 2.40. The number of rotatable bonds is 13. The quantitative estimate of drug-likeness (QED) is 0.0505. The third-order valence-electron chi connectivity index (χ3n) is 12.7. The van der Waals surface area contributed by atoms with Gasteiger partial charge >= 0.3 is 0 Å². The number of unbranched alkanes of at least 4 members (excludes halogenated alkanes) is 2. The minimum Gasteiger partial charge on any atom is -0.393 e. The van der Waals surface area contributed by atoms with Crippen molar-refractivity contribution in [3.05, 3.63) is 137 Å². The van der Waals surface area contributed by atoms with Crippen LogP contribution in [0.25, 0.3) is 33.4 Å². The molecule has 1 aliphatic carbocycles. The van der Waals surface area contributed by atoms with Crippen LogP contribution in [-0.4, -0.2) is 78.9 Å². The molecule has 14 nitrogen and oxygen atoms in total. The first-order valence-electron chi connectivity index (χ1n) is 22.6. The molecular formula is C52H50N8O6. The number of carbonyl (C=O) groups is 5. The molecule has 1 atom stereocenters. The molecule has 5 amide bonds. The van der Waals surface area contributed by atoms with Gasteiger partial charge in [0.25, 0.3) is 11.8 Å². The highest BCUT2D eigenvalue weighted by Gasteiger charge is 2.45. The molecule has 1 saturated heterocycles. The van der Waals surface area contributed by atoms with Crippen molar-refractivity contribution < 1.29 is 29.1 Å². The molecule has 6 aromatic rings. The second kappa shape index (κ2) is 19.2. The highest BCUT2D eigenvalue weighted by atomic mass is 16.3. The van der Waals surface area contributed by atoms with Crippen molar-refractivity contribution in [3.63, 3.8) is 0 Å². The Morgan fingerprint density at radius 1 is 0.833 bits per heavy atom. The van der Waals surface area contributed by atoms with Crippen molar-refractivity contribution in [2.24, 2.45) is 0 Å². The molecule has 2 aromatic heterocycles. The third kappa shape index (κ3) is 8.90. The Hall–Kier alpha value is -7.63. The van der Waals surface area contributed by atoms with Crippen LogP contribution >= 0.6 is 0 Å². The Labute approximate surface area is 381 Å². The maximum absolute atomic E-state index is 13.4. The summed E-state index contributed by atoms with van der Waals surface area (Å²) in [6, 6.07) is 32.4. The summed E-state index contributed by atoms with van der Waals surface area (Å²) >= 11 is 0. The van der Waals surface area contributed by atoms with Gasteiger partial charge in [0.2, 0.25) is 17.7 Å². The number of hydrogen-bond acceptors (Lipinski definition) is 9. The lowest BCUT2D eigenvalue weighted by atomic mass is 9.93. The van der Waals surface area contributed by atoms with E-state index < -0.39 is 29.7 Å². The second-order valence-electron chi connectivity index (χ2n) is 17.0. The number of hydrogen-bond donors (Lipinski definition) is 5. The van der Waals surface area contributed by atoms with Crippen LogP contribution in [0.4, 0.5) is 5.69 Å². The van der Waals surface area contributed by atoms with E-state index in [0.29, 0.717) is 49.9 Å². The van der Waals surface area contributed by atoms with Crippen LogP contribution < -0.4 is 21.4 Å². The SMILES string of the molecule is N=c1c2c(-c3ccccc3)c(-c3ccccc3)n(Cc3cccc(C#CCCCCNC(=O)CNc4cccc5c4C(=O)N(C4CCC(=O)NC4=O)C5=O)c3)c2ncn1C1CCC(O)CC1. The van der Waals surface area contributed by atoms with Crippen molar-refractivity contribution in [2.45, 2.75) is 82.5 Å². The predicted molar refractivity (Wildman–Crippen MR) is 249 cm³/mol. The van der Waals surface area contributed by atoms with E-state index in [2.05, 4.69) is 68.8 Å². The van der Waals surface area contributed by atoms with E-state index in [1.165, 1.54) is 6.07 Å². The number of aliphatic hydroxyl groups is 1. The number of amides is 5. The van der Waals surface area contributed by atoms with Crippen LogP contribution in [0.3, 0.4) is 0 Å². The lowest BCUT2D eigenvalue weighted by Gasteiger charge is -2.27. The normalized spacial score (nSPS) is 18.1. The van der Waals surface area contributed by atoms with E-state index in [1.54, 1.807) is 18.5 Å². The summed E-state index contributed by atoms with van der Waals surface area (Å²) in [4.78, 5) is 69.4. The molecule has 0 bridgehead atoms. The van der Waals surface area contributed by atoms with E-state index in [-0.39, 0.29) is 48.6 Å². The van der Waals surface area contributed by atoms with Crippen LogP contribution in [0.15, 0.2) is 109 Å². The molecule has 2 aliphatic heterocycles. The van der Waals surface area contributed by atoms with Gasteiger partial charge in [-0.05, 0) is 85.9 Å². The zero-order valence-corrected chi connectivity index (χ0v) is 36.4. The monoisotopic (exact) mass is 882 g/mol. The van der Waals surface area contributed by atoms with Crippen molar-refractivity contribution >= 4 is 46.3 Å². The molecule has 9 rings (SSSR count). The van der Waals surface area contributed by atoms with Gasteiger partial charge in [-0.2, -0.15) is 0 Å². The average Bonchev–Trinajstić information content (AvgIpc) is 3.79. The van der Waals surface area contributed by atoms with Gasteiger partial charge in [-0.3, -0.25) is 39.6 Å². The standard InChI is InChI=1S/C52H50N8O6/c53-48-46-44(35-16-6-3-7-17-35)47(36-18-8-4-9-19-36)58(49(46)56-32-59(48)37-22-24-38(61)25-23-37)31-34-15-11-14-33(29-34)13-5-1-2-10-28-54-43(63)30-55-40-21-12-20-39-45(40)52(66)60(51(39)65)41-26-27-42(62)57-50(41)64/h3-4,6-9,11-12,14-21,29,32,37-38,41,53,55,61H,1-2,10,22-28,30-31H2,(H,54,63)(H,57,62,64). The van der Waals surface area contributed by atoms with Crippen LogP contribution in [0.1, 0.15) is 95.7 Å². The van der Waals surface area contributed by atoms with Crippen molar-refractivity contribution in [2.75, 3.05) is 18.4 Å². The summed E-state index contributed by atoms with van der Waals surface area (Å²) in [5.74, 6) is 3.95. The number of benzene rings is 4. The van der Waals surface area contributed by atoms with Gasteiger partial charge in [0.1, 0.15) is 17.2 Å². The smallest absolute Gasteiger partial charge is 0.264 e. The van der Waals surface area contributed by atoms with Gasteiger partial charge < -0.3 is 24.9 Å². The molecule has 1 unspecified atom stereocenters. The number of nitrogens with one attached hydrogen (secondary N) is 4. The first kappa shape index (κ1) is 43.6. The summed E-state index contributed by atoms with van der Waals surface area (Å²) in [6.07, 6.45) is 6.70. The number of piperidine rings is 1. The molecule has 334 valence electrons. The van der Waals surface area contributed by atoms with Crippen LogP contribution in [0.2, 0.25) is 0 Å². The lowest BCUT2D eigenvalue weighted by Crippen LogP contribution is -2.54. The fourth-order valence-electron chi connectivity index (χ4n) is 9.38. The van der Waals surface area contributed by atoms with Gasteiger partial charge in [0.15, 0.2) is 0 Å². The minimum atomic E-state index is -1.07. The maximum Gasteiger partial charge on any atom is 0.264 e. The van der Waals surface area contributed by atoms with Crippen molar-refractivity contribution in [3.8, 4) is 34.2 Å². The van der Waals surface area contributed by atoms with Gasteiger partial charge in [-0.25, -0.2) is 4.98 Å². The number of anilines is 1. The fraction of sp³-hybridized carbons (Fsp3) is 0.288. The number of aromatic nitrogens is 3. The van der Waals surface area contributed by atoms with E-state index in [1.807, 2.05) is 53.1 Å². The van der Waals surface area contributed by atoms with Crippen molar-refractivity contribution in [1.82, 2.24) is 29.7 Å². The van der Waals surface area contributed by atoms with Crippen molar-refractivity contribution in [1.29, 1.82) is 5.41 Å². The Bertz CT molecular complexity index is 2980. The lowest BCUT2D eigenvalue weighted by molar-refractivity contribution is -0.136. The van der Waals surface area contributed by atoms with Crippen LogP contribution in [0.5, 0.6) is 0 Å². The Kier molecular flexibility index (Phi) is 12.7. The highest BCUT2D eigenvalue weighted by molar-refractivity contribution is 6.25. The van der Waals surface area contributed by atoms with E-state index in [0.717, 1.165) is 68.7 Å². The Morgan fingerprint density at radius 3 is 2.33 bits per heavy atom. The molecule has 1 saturated carbocycles.